The lowest BCUT2D eigenvalue weighted by Gasteiger charge is -2.07. The molecule has 0 aliphatic heterocycles. The molecule has 4 nitrogen and oxygen atoms in total. The second-order valence-corrected chi connectivity index (χ2v) is 2.80. The minimum atomic E-state index is -0.513. The Labute approximate surface area is 76.5 Å². The number of nitrogen functional groups attached to an aromatic ring is 1. The van der Waals surface area contributed by atoms with Crippen molar-refractivity contribution >= 4 is 11.6 Å². The molecule has 1 amide bonds. The average molecular weight is 180 g/mol. The predicted molar refractivity (Wildman–Crippen MR) is 50.3 cm³/mol. The van der Waals surface area contributed by atoms with E-state index in [4.69, 9.17) is 16.2 Å². The van der Waals surface area contributed by atoms with Crippen molar-refractivity contribution < 1.29 is 9.53 Å². The first kappa shape index (κ1) is 9.38. The van der Waals surface area contributed by atoms with Crippen molar-refractivity contribution in [2.45, 2.75) is 6.92 Å². The zero-order chi connectivity index (χ0) is 9.84. The molecule has 0 aliphatic carbocycles. The van der Waals surface area contributed by atoms with Gasteiger partial charge in [-0.3, -0.25) is 4.79 Å². The molecule has 0 unspecified atom stereocenters. The molecule has 0 saturated carbocycles. The zero-order valence-electron chi connectivity index (χ0n) is 7.41. The summed E-state index contributed by atoms with van der Waals surface area (Å²) >= 11 is 0. The van der Waals surface area contributed by atoms with Crippen molar-refractivity contribution in [2.24, 2.45) is 5.73 Å². The van der Waals surface area contributed by atoms with Crippen LogP contribution in [0.1, 0.15) is 5.56 Å². The Hall–Kier alpha value is -1.71. The van der Waals surface area contributed by atoms with Gasteiger partial charge in [0.25, 0.3) is 5.91 Å². The Morgan fingerprint density at radius 3 is 2.85 bits per heavy atom. The summed E-state index contributed by atoms with van der Waals surface area (Å²) in [6.07, 6.45) is 0. The molecule has 1 rings (SSSR count). The summed E-state index contributed by atoms with van der Waals surface area (Å²) in [5.74, 6) is -0.0142. The highest BCUT2D eigenvalue weighted by molar-refractivity contribution is 5.75. The van der Waals surface area contributed by atoms with Gasteiger partial charge in [-0.1, -0.05) is 6.07 Å². The Balaban J connectivity index is 2.75. The van der Waals surface area contributed by atoms with E-state index in [2.05, 4.69) is 0 Å². The van der Waals surface area contributed by atoms with Crippen LogP contribution in [0.3, 0.4) is 0 Å². The number of nitrogens with two attached hydrogens (primary N) is 2. The van der Waals surface area contributed by atoms with Crippen LogP contribution in [0.2, 0.25) is 0 Å². The number of hydrogen-bond acceptors (Lipinski definition) is 3. The quantitative estimate of drug-likeness (QED) is 0.662. The lowest BCUT2D eigenvalue weighted by molar-refractivity contribution is -0.119. The van der Waals surface area contributed by atoms with Gasteiger partial charge in [0.05, 0.1) is 5.69 Å². The lowest BCUT2D eigenvalue weighted by Crippen LogP contribution is -2.20. The summed E-state index contributed by atoms with van der Waals surface area (Å²) in [4.78, 5) is 10.4. The molecule has 1 aromatic carbocycles. The normalized spacial score (nSPS) is 9.62. The lowest BCUT2D eigenvalue weighted by atomic mass is 10.2. The number of amides is 1. The van der Waals surface area contributed by atoms with Crippen molar-refractivity contribution in [3.8, 4) is 5.75 Å². The molecule has 0 fully saturated rings. The molecule has 4 heteroatoms. The fourth-order valence-corrected chi connectivity index (χ4v) is 0.915. The van der Waals surface area contributed by atoms with Crippen LogP contribution in [-0.4, -0.2) is 12.5 Å². The molecule has 0 atom stereocenters. The van der Waals surface area contributed by atoms with Crippen LogP contribution in [0, 0.1) is 6.92 Å². The third kappa shape index (κ3) is 2.66. The highest BCUT2D eigenvalue weighted by Crippen LogP contribution is 2.21. The van der Waals surface area contributed by atoms with Crippen LogP contribution in [-0.2, 0) is 4.79 Å². The van der Waals surface area contributed by atoms with Crippen molar-refractivity contribution in [3.05, 3.63) is 23.8 Å². The fraction of sp³-hybridized carbons (Fsp3) is 0.222. The van der Waals surface area contributed by atoms with Gasteiger partial charge in [0.2, 0.25) is 0 Å². The first-order valence-corrected chi connectivity index (χ1v) is 3.87. The van der Waals surface area contributed by atoms with Crippen molar-refractivity contribution in [2.75, 3.05) is 12.3 Å². The highest BCUT2D eigenvalue weighted by Gasteiger charge is 2.01. The van der Waals surface area contributed by atoms with Gasteiger partial charge in [-0.05, 0) is 24.6 Å². The van der Waals surface area contributed by atoms with Crippen molar-refractivity contribution in [1.82, 2.24) is 0 Å². The summed E-state index contributed by atoms with van der Waals surface area (Å²) in [7, 11) is 0. The molecule has 0 saturated heterocycles. The van der Waals surface area contributed by atoms with Crippen LogP contribution < -0.4 is 16.2 Å². The number of hydrogen-bond donors (Lipinski definition) is 2. The van der Waals surface area contributed by atoms with E-state index in [1.54, 1.807) is 12.1 Å². The van der Waals surface area contributed by atoms with E-state index in [0.29, 0.717) is 11.4 Å². The van der Waals surface area contributed by atoms with Gasteiger partial charge in [-0.2, -0.15) is 0 Å². The van der Waals surface area contributed by atoms with Gasteiger partial charge in [0, 0.05) is 0 Å². The van der Waals surface area contributed by atoms with Gasteiger partial charge >= 0.3 is 0 Å². The third-order valence-corrected chi connectivity index (χ3v) is 1.54. The highest BCUT2D eigenvalue weighted by atomic mass is 16.5. The van der Waals surface area contributed by atoms with Gasteiger partial charge in [0.15, 0.2) is 6.61 Å². The van der Waals surface area contributed by atoms with E-state index in [1.807, 2.05) is 13.0 Å². The maximum absolute atomic E-state index is 10.4. The number of anilines is 1. The van der Waals surface area contributed by atoms with Gasteiger partial charge < -0.3 is 16.2 Å². The molecule has 70 valence electrons. The maximum atomic E-state index is 10.4. The van der Waals surface area contributed by atoms with Crippen LogP contribution >= 0.6 is 0 Å². The van der Waals surface area contributed by atoms with Gasteiger partial charge in [-0.25, -0.2) is 0 Å². The first-order chi connectivity index (χ1) is 6.09. The molecule has 0 spiro atoms. The van der Waals surface area contributed by atoms with E-state index < -0.39 is 5.91 Å². The summed E-state index contributed by atoms with van der Waals surface area (Å²) in [5.41, 5.74) is 12.1. The van der Waals surface area contributed by atoms with Crippen LogP contribution in [0.15, 0.2) is 18.2 Å². The Bertz CT molecular complexity index is 323. The minimum Gasteiger partial charge on any atom is -0.482 e. The third-order valence-electron chi connectivity index (χ3n) is 1.54. The molecule has 1 aromatic rings. The van der Waals surface area contributed by atoms with Crippen molar-refractivity contribution in [3.63, 3.8) is 0 Å². The summed E-state index contributed by atoms with van der Waals surface area (Å²) in [6.45, 7) is 1.77. The topological polar surface area (TPSA) is 78.3 Å². The number of ether oxygens (including phenoxy) is 1. The van der Waals surface area contributed by atoms with E-state index in [9.17, 15) is 4.79 Å². The number of rotatable bonds is 3. The van der Waals surface area contributed by atoms with Gasteiger partial charge in [0.1, 0.15) is 5.75 Å². The van der Waals surface area contributed by atoms with E-state index >= 15 is 0 Å². The second-order valence-electron chi connectivity index (χ2n) is 2.80. The van der Waals surface area contributed by atoms with Gasteiger partial charge in [-0.15, -0.1) is 0 Å². The smallest absolute Gasteiger partial charge is 0.255 e. The number of benzene rings is 1. The predicted octanol–water partition coefficient (Wildman–Crippen LogP) is 0.441. The molecule has 0 aromatic heterocycles. The molecule has 0 heterocycles. The number of carbonyl (C=O) groups excluding carboxylic acids is 1. The van der Waals surface area contributed by atoms with E-state index in [-0.39, 0.29) is 6.61 Å². The molecule has 4 N–H and O–H groups in total. The molecule has 0 radical (unpaired) electrons. The molecule has 0 aliphatic rings. The van der Waals surface area contributed by atoms with E-state index in [0.717, 1.165) is 5.56 Å². The summed E-state index contributed by atoms with van der Waals surface area (Å²) < 4.78 is 5.08. The van der Waals surface area contributed by atoms with Crippen LogP contribution in [0.4, 0.5) is 5.69 Å². The standard InChI is InChI=1S/C9H12N2O2/c1-6-2-3-7(10)8(4-6)13-5-9(11)12/h2-4H,5,10H2,1H3,(H2,11,12). The summed E-state index contributed by atoms with van der Waals surface area (Å²) in [5, 5.41) is 0. The fourth-order valence-electron chi connectivity index (χ4n) is 0.915. The Morgan fingerprint density at radius 1 is 1.54 bits per heavy atom. The van der Waals surface area contributed by atoms with E-state index in [1.165, 1.54) is 0 Å². The van der Waals surface area contributed by atoms with Crippen LogP contribution in [0.5, 0.6) is 5.75 Å². The van der Waals surface area contributed by atoms with Crippen LogP contribution in [0.25, 0.3) is 0 Å². The molecular formula is C9H12N2O2. The number of primary amides is 1. The number of carbonyl (C=O) groups is 1. The SMILES string of the molecule is Cc1ccc(N)c(OCC(N)=O)c1. The maximum Gasteiger partial charge on any atom is 0.255 e. The number of aryl methyl sites for hydroxylation is 1. The second kappa shape index (κ2) is 3.80. The largest absolute Gasteiger partial charge is 0.482 e. The molecular weight excluding hydrogens is 168 g/mol. The Kier molecular flexibility index (Phi) is 2.74. The minimum absolute atomic E-state index is 0.145. The van der Waals surface area contributed by atoms with Crippen molar-refractivity contribution in [1.29, 1.82) is 0 Å². The first-order valence-electron chi connectivity index (χ1n) is 3.87. The average Bonchev–Trinajstić information content (AvgIpc) is 2.06. The monoisotopic (exact) mass is 180 g/mol. The zero-order valence-corrected chi connectivity index (χ0v) is 7.41. The molecule has 0 bridgehead atoms. The Morgan fingerprint density at radius 2 is 2.23 bits per heavy atom. The molecule has 13 heavy (non-hydrogen) atoms. The summed E-state index contributed by atoms with van der Waals surface area (Å²) in [6, 6.07) is 5.36.